The number of halogens is 4. The van der Waals surface area contributed by atoms with Gasteiger partial charge >= 0.3 is 6.18 Å². The van der Waals surface area contributed by atoms with Crippen LogP contribution in [0.15, 0.2) is 24.3 Å². The average molecular weight is 494 g/mol. The fourth-order valence-corrected chi connectivity index (χ4v) is 3.71. The second-order valence-corrected chi connectivity index (χ2v) is 8.39. The molecule has 2 aromatic carbocycles. The summed E-state index contributed by atoms with van der Waals surface area (Å²) in [5.41, 5.74) is 4.32. The highest BCUT2D eigenvalue weighted by atomic mass is 19.4. The molecule has 3 aromatic rings. The van der Waals surface area contributed by atoms with Crippen LogP contribution in [0.25, 0.3) is 10.9 Å². The van der Waals surface area contributed by atoms with Crippen LogP contribution in [0.5, 0.6) is 11.5 Å². The first-order valence-electron chi connectivity index (χ1n) is 11.1. The molecule has 1 fully saturated rings. The SMILES string of the molecule is COc1cc2nc(C)nc(N[C@H](C)c3cc(N)cc(C(F)(F)F)c3F)c2cc1OCCOC1CC1. The monoisotopic (exact) mass is 494 g/mol. The van der Waals surface area contributed by atoms with Gasteiger partial charge in [-0.2, -0.15) is 13.2 Å². The number of fused-ring (bicyclic) bond motifs is 1. The standard InChI is InChI=1S/C24H26F4N4O3/c1-12(16-8-14(29)9-18(22(16)25)24(26,27)28)30-23-17-10-21(35-7-6-34-15-4-5-15)20(33-3)11-19(17)31-13(2)32-23/h8-12,15H,4-7,29H2,1-3H3,(H,30,31,32)/t12-/m1/s1. The molecule has 1 saturated carbocycles. The number of nitrogens with one attached hydrogen (secondary N) is 1. The summed E-state index contributed by atoms with van der Waals surface area (Å²) >= 11 is 0. The van der Waals surface area contributed by atoms with Crippen molar-refractivity contribution in [1.29, 1.82) is 0 Å². The fourth-order valence-electron chi connectivity index (χ4n) is 3.71. The highest BCUT2D eigenvalue weighted by molar-refractivity contribution is 5.92. The van der Waals surface area contributed by atoms with Gasteiger partial charge in [0.15, 0.2) is 11.5 Å². The second-order valence-electron chi connectivity index (χ2n) is 8.39. The summed E-state index contributed by atoms with van der Waals surface area (Å²) in [6.07, 6.45) is -2.46. The Bertz CT molecular complexity index is 1230. The first-order chi connectivity index (χ1) is 16.6. The predicted octanol–water partition coefficient (Wildman–Crippen LogP) is 5.42. The number of aryl methyl sites for hydroxylation is 1. The minimum atomic E-state index is -4.88. The lowest BCUT2D eigenvalue weighted by atomic mass is 10.0. The molecule has 0 amide bonds. The van der Waals surface area contributed by atoms with Crippen LogP contribution >= 0.6 is 0 Å². The first kappa shape index (κ1) is 24.8. The molecule has 0 saturated heterocycles. The number of methoxy groups -OCH3 is 1. The zero-order valence-electron chi connectivity index (χ0n) is 19.5. The highest BCUT2D eigenvalue weighted by Gasteiger charge is 2.36. The predicted molar refractivity (Wildman–Crippen MR) is 123 cm³/mol. The van der Waals surface area contributed by atoms with E-state index in [-0.39, 0.29) is 11.3 Å². The van der Waals surface area contributed by atoms with E-state index in [2.05, 4.69) is 15.3 Å². The molecule has 35 heavy (non-hydrogen) atoms. The van der Waals surface area contributed by atoms with Crippen molar-refractivity contribution >= 4 is 22.4 Å². The molecule has 7 nitrogen and oxygen atoms in total. The number of nitrogens with two attached hydrogens (primary N) is 1. The lowest BCUT2D eigenvalue weighted by Crippen LogP contribution is -2.16. The van der Waals surface area contributed by atoms with E-state index in [1.807, 2.05) is 0 Å². The van der Waals surface area contributed by atoms with Gasteiger partial charge in [-0.25, -0.2) is 14.4 Å². The molecule has 11 heteroatoms. The Morgan fingerprint density at radius 1 is 1.11 bits per heavy atom. The largest absolute Gasteiger partial charge is 0.493 e. The van der Waals surface area contributed by atoms with E-state index in [0.717, 1.165) is 12.8 Å². The summed E-state index contributed by atoms with van der Waals surface area (Å²) in [5.74, 6) is 0.208. The van der Waals surface area contributed by atoms with Gasteiger partial charge in [0.2, 0.25) is 0 Å². The summed E-state index contributed by atoms with van der Waals surface area (Å²) in [4.78, 5) is 8.81. The van der Waals surface area contributed by atoms with Gasteiger partial charge in [-0.1, -0.05) is 0 Å². The minimum Gasteiger partial charge on any atom is -0.493 e. The summed E-state index contributed by atoms with van der Waals surface area (Å²) in [5, 5.41) is 3.54. The van der Waals surface area contributed by atoms with Gasteiger partial charge in [0, 0.05) is 22.7 Å². The maximum absolute atomic E-state index is 14.8. The van der Waals surface area contributed by atoms with E-state index in [4.69, 9.17) is 19.9 Å². The van der Waals surface area contributed by atoms with E-state index in [9.17, 15) is 17.6 Å². The van der Waals surface area contributed by atoms with Gasteiger partial charge in [-0.15, -0.1) is 0 Å². The third kappa shape index (κ3) is 5.67. The molecule has 1 atom stereocenters. The number of ether oxygens (including phenoxy) is 3. The maximum atomic E-state index is 14.8. The molecule has 1 heterocycles. The molecule has 0 radical (unpaired) electrons. The number of hydrogen-bond acceptors (Lipinski definition) is 7. The van der Waals surface area contributed by atoms with E-state index < -0.39 is 23.6 Å². The number of hydrogen-bond donors (Lipinski definition) is 2. The van der Waals surface area contributed by atoms with Crippen LogP contribution in [0, 0.1) is 12.7 Å². The van der Waals surface area contributed by atoms with Gasteiger partial charge in [-0.05, 0) is 44.9 Å². The molecule has 1 aromatic heterocycles. The van der Waals surface area contributed by atoms with Crippen molar-refractivity contribution < 1.29 is 31.8 Å². The van der Waals surface area contributed by atoms with Crippen LogP contribution < -0.4 is 20.5 Å². The maximum Gasteiger partial charge on any atom is 0.419 e. The molecular formula is C24H26F4N4O3. The van der Waals surface area contributed by atoms with Crippen molar-refractivity contribution in [2.24, 2.45) is 0 Å². The van der Waals surface area contributed by atoms with Crippen LogP contribution in [-0.2, 0) is 10.9 Å². The van der Waals surface area contributed by atoms with Crippen molar-refractivity contribution in [3.8, 4) is 11.5 Å². The van der Waals surface area contributed by atoms with Gasteiger partial charge in [-0.3, -0.25) is 0 Å². The summed E-state index contributed by atoms with van der Waals surface area (Å²) in [6.45, 7) is 3.93. The van der Waals surface area contributed by atoms with E-state index in [1.165, 1.54) is 20.1 Å². The molecule has 0 aliphatic heterocycles. The smallest absolute Gasteiger partial charge is 0.419 e. The lowest BCUT2D eigenvalue weighted by Gasteiger charge is -2.20. The molecule has 0 bridgehead atoms. The number of alkyl halides is 3. The summed E-state index contributed by atoms with van der Waals surface area (Å²) in [7, 11) is 1.50. The molecule has 0 unspecified atom stereocenters. The molecule has 4 rings (SSSR count). The average Bonchev–Trinajstić information content (AvgIpc) is 3.61. The molecule has 1 aliphatic carbocycles. The fraction of sp³-hybridized carbons (Fsp3) is 0.417. The zero-order valence-corrected chi connectivity index (χ0v) is 19.5. The highest BCUT2D eigenvalue weighted by Crippen LogP contribution is 2.38. The van der Waals surface area contributed by atoms with Crippen molar-refractivity contribution in [1.82, 2.24) is 9.97 Å². The number of benzene rings is 2. The Balaban J connectivity index is 1.66. The Morgan fingerprint density at radius 2 is 1.86 bits per heavy atom. The minimum absolute atomic E-state index is 0.194. The van der Waals surface area contributed by atoms with Crippen molar-refractivity contribution in [2.45, 2.75) is 45.0 Å². The normalized spacial score (nSPS) is 14.7. The molecule has 1 aliphatic rings. The van der Waals surface area contributed by atoms with Gasteiger partial charge < -0.3 is 25.3 Å². The third-order valence-electron chi connectivity index (χ3n) is 5.56. The third-order valence-corrected chi connectivity index (χ3v) is 5.56. The second kappa shape index (κ2) is 9.73. The van der Waals surface area contributed by atoms with Crippen LogP contribution in [-0.4, -0.2) is 36.4 Å². The molecule has 0 spiro atoms. The Hall–Kier alpha value is -3.34. The van der Waals surface area contributed by atoms with Crippen molar-refractivity contribution in [3.63, 3.8) is 0 Å². The van der Waals surface area contributed by atoms with Crippen LogP contribution in [0.4, 0.5) is 29.1 Å². The van der Waals surface area contributed by atoms with E-state index in [1.54, 1.807) is 19.1 Å². The Labute approximate surface area is 199 Å². The number of aromatic nitrogens is 2. The topological polar surface area (TPSA) is 91.5 Å². The van der Waals surface area contributed by atoms with Gasteiger partial charge in [0.05, 0.1) is 36.9 Å². The van der Waals surface area contributed by atoms with Gasteiger partial charge in [0.1, 0.15) is 24.1 Å². The summed E-state index contributed by atoms with van der Waals surface area (Å²) < 4.78 is 71.5. The van der Waals surface area contributed by atoms with E-state index >= 15 is 0 Å². The Kier molecular flexibility index (Phi) is 6.88. The van der Waals surface area contributed by atoms with Crippen LogP contribution in [0.3, 0.4) is 0 Å². The first-order valence-corrected chi connectivity index (χ1v) is 11.1. The lowest BCUT2D eigenvalue weighted by molar-refractivity contribution is -0.140. The van der Waals surface area contributed by atoms with Crippen molar-refractivity contribution in [3.05, 3.63) is 47.0 Å². The van der Waals surface area contributed by atoms with Crippen molar-refractivity contribution in [2.75, 3.05) is 31.4 Å². The zero-order chi connectivity index (χ0) is 25.3. The van der Waals surface area contributed by atoms with Crippen LogP contribution in [0.2, 0.25) is 0 Å². The molecule has 3 N–H and O–H groups in total. The quantitative estimate of drug-likeness (QED) is 0.233. The summed E-state index contributed by atoms with van der Waals surface area (Å²) in [6, 6.07) is 4.22. The number of anilines is 2. The Morgan fingerprint density at radius 3 is 2.51 bits per heavy atom. The molecular weight excluding hydrogens is 468 g/mol. The molecule has 188 valence electrons. The van der Waals surface area contributed by atoms with Crippen LogP contribution in [0.1, 0.15) is 42.8 Å². The number of nitrogens with zero attached hydrogens (tertiary/aromatic N) is 2. The number of nitrogen functional groups attached to an aromatic ring is 1. The number of rotatable bonds is 9. The van der Waals surface area contributed by atoms with E-state index in [0.29, 0.717) is 59.4 Å². The van der Waals surface area contributed by atoms with Gasteiger partial charge in [0.25, 0.3) is 0 Å².